The van der Waals surface area contributed by atoms with E-state index >= 15 is 0 Å². The van der Waals surface area contributed by atoms with Crippen LogP contribution < -0.4 is 4.90 Å². The largest absolute Gasteiger partial charge is 0.310 e. The van der Waals surface area contributed by atoms with Crippen LogP contribution in [0.3, 0.4) is 0 Å². The summed E-state index contributed by atoms with van der Waals surface area (Å²) in [5.41, 5.74) is 8.42. The summed E-state index contributed by atoms with van der Waals surface area (Å²) in [5, 5.41) is 7.96. The van der Waals surface area contributed by atoms with Gasteiger partial charge in [0.05, 0.1) is 0 Å². The predicted molar refractivity (Wildman–Crippen MR) is 231 cm³/mol. The Morgan fingerprint density at radius 2 is 0.692 bits per heavy atom. The zero-order valence-electron chi connectivity index (χ0n) is 27.9. The van der Waals surface area contributed by atoms with E-state index in [2.05, 4.69) is 181 Å². The maximum atomic E-state index is 2.40. The van der Waals surface area contributed by atoms with Crippen molar-refractivity contribution in [3.05, 3.63) is 176 Å². The van der Waals surface area contributed by atoms with E-state index in [1.54, 1.807) is 0 Å². The van der Waals surface area contributed by atoms with Gasteiger partial charge >= 0.3 is 0 Å². The van der Waals surface area contributed by atoms with Gasteiger partial charge in [0, 0.05) is 77.6 Å². The predicted octanol–water partition coefficient (Wildman–Crippen LogP) is 15.6. The van der Waals surface area contributed by atoms with E-state index in [1.807, 2.05) is 34.0 Å². The number of hydrogen-bond acceptors (Lipinski definition) is 4. The van der Waals surface area contributed by atoms with Crippen molar-refractivity contribution in [2.75, 3.05) is 4.90 Å². The molecule has 11 aromatic rings. The first-order valence-electron chi connectivity index (χ1n) is 17.5. The van der Waals surface area contributed by atoms with E-state index < -0.39 is 0 Å². The summed E-state index contributed by atoms with van der Waals surface area (Å²) in [5.74, 6) is 0. The lowest BCUT2D eigenvalue weighted by molar-refractivity contribution is 1.29. The van der Waals surface area contributed by atoms with E-state index in [9.17, 15) is 0 Å². The highest BCUT2D eigenvalue weighted by Crippen LogP contribution is 2.45. The van der Waals surface area contributed by atoms with Gasteiger partial charge in [-0.25, -0.2) is 0 Å². The van der Waals surface area contributed by atoms with Crippen molar-refractivity contribution in [3.63, 3.8) is 0 Å². The highest BCUT2D eigenvalue weighted by atomic mass is 32.1. The Hall–Kier alpha value is -5.78. The number of benzene rings is 8. The minimum Gasteiger partial charge on any atom is -0.310 e. The van der Waals surface area contributed by atoms with E-state index in [0.29, 0.717) is 0 Å². The number of nitrogens with zero attached hydrogens (tertiary/aromatic N) is 1. The zero-order valence-corrected chi connectivity index (χ0v) is 30.4. The van der Waals surface area contributed by atoms with Gasteiger partial charge in [0.1, 0.15) is 0 Å². The Bertz CT molecular complexity index is 2970. The fraction of sp³-hybridized carbons (Fsp3) is 0. The highest BCUT2D eigenvalue weighted by Gasteiger charge is 2.17. The molecule has 0 aliphatic carbocycles. The second-order valence-electron chi connectivity index (χ2n) is 13.3. The molecule has 4 heteroatoms. The van der Waals surface area contributed by atoms with Gasteiger partial charge in [0.25, 0.3) is 0 Å². The summed E-state index contributed by atoms with van der Waals surface area (Å²) in [7, 11) is 0. The lowest BCUT2D eigenvalue weighted by Crippen LogP contribution is -2.09. The molecule has 0 bridgehead atoms. The molecule has 0 saturated heterocycles. The lowest BCUT2D eigenvalue weighted by Gasteiger charge is -2.26. The Balaban J connectivity index is 1.05. The van der Waals surface area contributed by atoms with Gasteiger partial charge in [-0.15, -0.1) is 34.0 Å². The molecule has 3 heterocycles. The van der Waals surface area contributed by atoms with E-state index in [1.165, 1.54) is 82.8 Å². The van der Waals surface area contributed by atoms with Crippen LogP contribution in [-0.2, 0) is 0 Å². The van der Waals surface area contributed by atoms with Gasteiger partial charge in [-0.05, 0) is 89.0 Å². The number of thiophene rings is 3. The van der Waals surface area contributed by atoms with Crippen LogP contribution >= 0.6 is 34.0 Å². The molecule has 0 spiro atoms. The van der Waals surface area contributed by atoms with Crippen molar-refractivity contribution < 1.29 is 0 Å². The van der Waals surface area contributed by atoms with Crippen LogP contribution in [0.15, 0.2) is 176 Å². The molecule has 0 atom stereocenters. The quantitative estimate of drug-likeness (QED) is 0.171. The van der Waals surface area contributed by atoms with Crippen LogP contribution in [0, 0.1) is 0 Å². The molecule has 1 nitrogen and oxygen atoms in total. The second-order valence-corrected chi connectivity index (χ2v) is 16.5. The van der Waals surface area contributed by atoms with Gasteiger partial charge in [-0.1, -0.05) is 109 Å². The van der Waals surface area contributed by atoms with Crippen molar-refractivity contribution in [1.29, 1.82) is 0 Å². The first kappa shape index (κ1) is 29.9. The zero-order chi connectivity index (χ0) is 34.2. The van der Waals surface area contributed by atoms with Crippen LogP contribution in [0.1, 0.15) is 0 Å². The third kappa shape index (κ3) is 4.72. The molecule has 244 valence electrons. The molecular weight excluding hydrogens is 687 g/mol. The molecule has 0 saturated carbocycles. The van der Waals surface area contributed by atoms with Crippen LogP contribution in [0.4, 0.5) is 17.1 Å². The molecule has 11 rings (SSSR count). The monoisotopic (exact) mass is 715 g/mol. The smallest absolute Gasteiger partial charge is 0.0476 e. The van der Waals surface area contributed by atoms with Crippen molar-refractivity contribution in [1.82, 2.24) is 0 Å². The minimum atomic E-state index is 1.13. The van der Waals surface area contributed by atoms with Gasteiger partial charge in [0.15, 0.2) is 0 Å². The minimum absolute atomic E-state index is 1.13. The SMILES string of the molecule is c1ccc2c(c1)sc1cc(N(c3ccc(-c4cccc5sc6ccccc6c45)cc3)c3ccc(-c4cccc5sc6ccccc6c45)cc3)ccc12. The summed E-state index contributed by atoms with van der Waals surface area (Å²) < 4.78 is 7.93. The summed E-state index contributed by atoms with van der Waals surface area (Å²) in [6.07, 6.45) is 0. The second kappa shape index (κ2) is 11.9. The summed E-state index contributed by atoms with van der Waals surface area (Å²) >= 11 is 5.60. The number of rotatable bonds is 5. The fourth-order valence-corrected chi connectivity index (χ4v) is 11.3. The molecule has 0 aliphatic heterocycles. The van der Waals surface area contributed by atoms with Crippen molar-refractivity contribution >= 4 is 112 Å². The molecule has 0 unspecified atom stereocenters. The third-order valence-corrected chi connectivity index (χ3v) is 13.7. The Morgan fingerprint density at radius 1 is 0.288 bits per heavy atom. The first-order valence-corrected chi connectivity index (χ1v) is 19.9. The standard InChI is InChI=1S/C48H29NS3/c1-4-14-41-37(9-1)38-28-27-34(29-46(38)52-41)49(32-23-19-30(20-24-32)35-12-7-17-44-47(35)39-10-2-5-15-42(39)50-44)33-25-21-31(22-26-33)36-13-8-18-45-48(36)40-11-3-6-16-43(40)51-45/h1-29H. The Morgan fingerprint density at radius 3 is 1.23 bits per heavy atom. The van der Waals surface area contributed by atoms with Crippen molar-refractivity contribution in [2.24, 2.45) is 0 Å². The van der Waals surface area contributed by atoms with E-state index in [4.69, 9.17) is 0 Å². The maximum Gasteiger partial charge on any atom is 0.0476 e. The third-order valence-electron chi connectivity index (χ3n) is 10.3. The Labute approximate surface area is 312 Å². The first-order chi connectivity index (χ1) is 25.8. The normalized spacial score (nSPS) is 11.8. The average Bonchev–Trinajstić information content (AvgIpc) is 3.89. The van der Waals surface area contributed by atoms with Crippen LogP contribution in [0.5, 0.6) is 0 Å². The molecule has 3 aromatic heterocycles. The summed E-state index contributed by atoms with van der Waals surface area (Å²) in [6.45, 7) is 0. The van der Waals surface area contributed by atoms with Gasteiger partial charge in [-0.2, -0.15) is 0 Å². The van der Waals surface area contributed by atoms with Crippen LogP contribution in [0.25, 0.3) is 82.8 Å². The number of fused-ring (bicyclic) bond motifs is 9. The van der Waals surface area contributed by atoms with Crippen molar-refractivity contribution in [2.45, 2.75) is 0 Å². The highest BCUT2D eigenvalue weighted by molar-refractivity contribution is 7.26. The van der Waals surface area contributed by atoms with Gasteiger partial charge < -0.3 is 4.90 Å². The van der Waals surface area contributed by atoms with E-state index in [-0.39, 0.29) is 0 Å². The summed E-state index contributed by atoms with van der Waals surface area (Å²) in [6, 6.07) is 64.9. The molecule has 52 heavy (non-hydrogen) atoms. The summed E-state index contributed by atoms with van der Waals surface area (Å²) in [4.78, 5) is 2.40. The van der Waals surface area contributed by atoms with E-state index in [0.717, 1.165) is 17.1 Å². The molecule has 8 aromatic carbocycles. The maximum absolute atomic E-state index is 2.40. The molecule has 0 fully saturated rings. The molecule has 0 N–H and O–H groups in total. The molecular formula is C48H29NS3. The van der Waals surface area contributed by atoms with Gasteiger partial charge in [0.2, 0.25) is 0 Å². The molecule has 0 radical (unpaired) electrons. The number of anilines is 3. The lowest BCUT2D eigenvalue weighted by atomic mass is 9.98. The Kier molecular flexibility index (Phi) is 6.84. The van der Waals surface area contributed by atoms with Crippen LogP contribution in [0.2, 0.25) is 0 Å². The van der Waals surface area contributed by atoms with Gasteiger partial charge in [-0.3, -0.25) is 0 Å². The number of hydrogen-bond donors (Lipinski definition) is 0. The van der Waals surface area contributed by atoms with Crippen LogP contribution in [-0.4, -0.2) is 0 Å². The van der Waals surface area contributed by atoms with Crippen molar-refractivity contribution in [3.8, 4) is 22.3 Å². The topological polar surface area (TPSA) is 3.24 Å². The average molecular weight is 716 g/mol. The molecule has 0 aliphatic rings. The fourth-order valence-electron chi connectivity index (χ4n) is 7.91. The molecule has 0 amide bonds.